The number of carbonyl (C=O) groups is 1. The van der Waals surface area contributed by atoms with E-state index in [4.69, 9.17) is 10.7 Å². The van der Waals surface area contributed by atoms with Gasteiger partial charge in [-0.3, -0.25) is 4.79 Å². The van der Waals surface area contributed by atoms with Gasteiger partial charge in [0.2, 0.25) is 5.91 Å². The molecule has 0 saturated carbocycles. The summed E-state index contributed by atoms with van der Waals surface area (Å²) in [4.78, 5) is 18.5. The number of hydrogen-bond acceptors (Lipinski definition) is 4. The second kappa shape index (κ2) is 9.33. The average Bonchev–Trinajstić information content (AvgIpc) is 2.73. The van der Waals surface area contributed by atoms with Gasteiger partial charge in [0.05, 0.1) is 11.2 Å². The van der Waals surface area contributed by atoms with Crippen LogP contribution in [-0.4, -0.2) is 42.0 Å². The zero-order chi connectivity index (χ0) is 19.9. The number of aromatic nitrogens is 1. The monoisotopic (exact) mass is 376 g/mol. The lowest BCUT2D eigenvalue weighted by atomic mass is 10.1. The topological polar surface area (TPSA) is 71.2 Å². The van der Waals surface area contributed by atoms with Gasteiger partial charge in [-0.05, 0) is 50.3 Å². The summed E-state index contributed by atoms with van der Waals surface area (Å²) in [6.07, 6.45) is 1.08. The van der Waals surface area contributed by atoms with Crippen molar-refractivity contribution >= 4 is 22.5 Å². The van der Waals surface area contributed by atoms with Crippen molar-refractivity contribution in [2.45, 2.75) is 20.3 Å². The zero-order valence-electron chi connectivity index (χ0n) is 16.6. The number of hydrogen-bond donors (Lipinski definition) is 2. The number of amides is 1. The van der Waals surface area contributed by atoms with Crippen LogP contribution < -0.4 is 11.1 Å². The molecular formula is C23H28N4O. The maximum absolute atomic E-state index is 11.3. The Kier molecular flexibility index (Phi) is 6.61. The van der Waals surface area contributed by atoms with Crippen LogP contribution in [0, 0.1) is 0 Å². The molecule has 5 nitrogen and oxygen atoms in total. The summed E-state index contributed by atoms with van der Waals surface area (Å²) < 4.78 is 0. The Morgan fingerprint density at radius 1 is 1.07 bits per heavy atom. The summed E-state index contributed by atoms with van der Waals surface area (Å²) in [5.74, 6) is -0.423. The van der Waals surface area contributed by atoms with E-state index < -0.39 is 5.91 Å². The molecule has 0 radical (unpaired) electrons. The van der Waals surface area contributed by atoms with E-state index in [9.17, 15) is 4.79 Å². The minimum absolute atomic E-state index is 0.423. The van der Waals surface area contributed by atoms with Crippen molar-refractivity contribution in [2.24, 2.45) is 5.73 Å². The first-order valence-electron chi connectivity index (χ1n) is 9.88. The van der Waals surface area contributed by atoms with Crippen molar-refractivity contribution in [1.29, 1.82) is 0 Å². The number of nitrogens with one attached hydrogen (secondary N) is 1. The molecule has 1 aromatic heterocycles. The molecule has 3 N–H and O–H groups in total. The third-order valence-electron chi connectivity index (χ3n) is 5.04. The van der Waals surface area contributed by atoms with Crippen molar-refractivity contribution in [3.8, 4) is 11.3 Å². The highest BCUT2D eigenvalue weighted by Crippen LogP contribution is 2.28. The molecule has 0 atom stereocenters. The zero-order valence-corrected chi connectivity index (χ0v) is 16.6. The quantitative estimate of drug-likeness (QED) is 0.551. The number of pyridine rings is 1. The van der Waals surface area contributed by atoms with Gasteiger partial charge < -0.3 is 16.0 Å². The number of rotatable bonds is 9. The number of primary amides is 1. The molecule has 146 valence electrons. The highest BCUT2D eigenvalue weighted by molar-refractivity contribution is 5.95. The van der Waals surface area contributed by atoms with Gasteiger partial charge in [0.15, 0.2) is 0 Å². The molecular weight excluding hydrogens is 348 g/mol. The van der Waals surface area contributed by atoms with E-state index in [2.05, 4.69) is 36.2 Å². The van der Waals surface area contributed by atoms with E-state index in [-0.39, 0.29) is 0 Å². The second-order valence-electron chi connectivity index (χ2n) is 6.82. The van der Waals surface area contributed by atoms with Crippen LogP contribution in [-0.2, 0) is 0 Å². The van der Waals surface area contributed by atoms with Crippen molar-refractivity contribution < 1.29 is 4.79 Å². The number of nitrogens with two attached hydrogens (primary N) is 1. The molecule has 0 fully saturated rings. The van der Waals surface area contributed by atoms with Gasteiger partial charge in [0, 0.05) is 28.7 Å². The third-order valence-corrected chi connectivity index (χ3v) is 5.04. The van der Waals surface area contributed by atoms with Gasteiger partial charge in [-0.25, -0.2) is 4.98 Å². The Bertz CT molecular complexity index is 933. The molecule has 0 aliphatic heterocycles. The predicted octanol–water partition coefficient (Wildman–Crippen LogP) is 4.14. The smallest absolute Gasteiger partial charge is 0.248 e. The van der Waals surface area contributed by atoms with Crippen LogP contribution in [0.5, 0.6) is 0 Å². The first-order chi connectivity index (χ1) is 13.6. The third kappa shape index (κ3) is 4.67. The van der Waals surface area contributed by atoms with E-state index in [0.29, 0.717) is 5.56 Å². The van der Waals surface area contributed by atoms with Gasteiger partial charge in [0.25, 0.3) is 0 Å². The predicted molar refractivity (Wildman–Crippen MR) is 117 cm³/mol. The van der Waals surface area contributed by atoms with E-state index in [1.165, 1.54) is 0 Å². The number of nitrogens with zero attached hydrogens (tertiary/aromatic N) is 2. The summed E-state index contributed by atoms with van der Waals surface area (Å²) in [6.45, 7) is 8.56. The Morgan fingerprint density at radius 3 is 2.46 bits per heavy atom. The number of benzene rings is 2. The van der Waals surface area contributed by atoms with Crippen LogP contribution in [0.4, 0.5) is 5.69 Å². The maximum atomic E-state index is 11.3. The van der Waals surface area contributed by atoms with E-state index in [1.807, 2.05) is 30.3 Å². The molecule has 0 saturated heterocycles. The number of anilines is 1. The maximum Gasteiger partial charge on any atom is 0.248 e. The highest BCUT2D eigenvalue weighted by Gasteiger charge is 2.09. The lowest BCUT2D eigenvalue weighted by Crippen LogP contribution is -2.25. The fourth-order valence-electron chi connectivity index (χ4n) is 3.34. The normalized spacial score (nSPS) is 11.1. The second-order valence-corrected chi connectivity index (χ2v) is 6.82. The van der Waals surface area contributed by atoms with Crippen molar-refractivity contribution in [3.05, 3.63) is 60.2 Å². The highest BCUT2D eigenvalue weighted by atomic mass is 16.1. The van der Waals surface area contributed by atoms with Crippen molar-refractivity contribution in [2.75, 3.05) is 31.5 Å². The van der Waals surface area contributed by atoms with Crippen molar-refractivity contribution in [1.82, 2.24) is 9.88 Å². The van der Waals surface area contributed by atoms with E-state index in [0.717, 1.165) is 60.4 Å². The van der Waals surface area contributed by atoms with Gasteiger partial charge in [0.1, 0.15) is 0 Å². The average molecular weight is 377 g/mol. The molecule has 0 bridgehead atoms. The lowest BCUT2D eigenvalue weighted by molar-refractivity contribution is 0.100. The molecule has 0 spiro atoms. The van der Waals surface area contributed by atoms with Crippen molar-refractivity contribution in [3.63, 3.8) is 0 Å². The standard InChI is InChI=1S/C23H28N4O/c1-3-27(4-2)15-7-14-25-22-16-21(26-20-9-6-5-8-19(20)22)17-10-12-18(13-11-17)23(24)28/h5-6,8-13,16H,3-4,7,14-15H2,1-2H3,(H2,24,28)(H,25,26). The largest absolute Gasteiger partial charge is 0.384 e. The SMILES string of the molecule is CCN(CC)CCCNc1cc(-c2ccc(C(N)=O)cc2)nc2ccccc12. The van der Waals surface area contributed by atoms with Gasteiger partial charge >= 0.3 is 0 Å². The number of carbonyl (C=O) groups excluding carboxylic acids is 1. The lowest BCUT2D eigenvalue weighted by Gasteiger charge is -2.18. The number of para-hydroxylation sites is 1. The van der Waals surface area contributed by atoms with Gasteiger partial charge in [-0.2, -0.15) is 0 Å². The van der Waals surface area contributed by atoms with E-state index >= 15 is 0 Å². The molecule has 3 aromatic rings. The summed E-state index contributed by atoms with van der Waals surface area (Å²) in [5, 5.41) is 4.70. The summed E-state index contributed by atoms with van der Waals surface area (Å²) >= 11 is 0. The minimum atomic E-state index is -0.423. The fourth-order valence-corrected chi connectivity index (χ4v) is 3.34. The number of fused-ring (bicyclic) bond motifs is 1. The molecule has 1 amide bonds. The molecule has 1 heterocycles. The molecule has 5 heteroatoms. The summed E-state index contributed by atoms with van der Waals surface area (Å²) in [7, 11) is 0. The molecule has 0 unspecified atom stereocenters. The van der Waals surface area contributed by atoms with Crippen LogP contribution in [0.15, 0.2) is 54.6 Å². The minimum Gasteiger partial charge on any atom is -0.384 e. The Hall–Kier alpha value is -2.92. The van der Waals surface area contributed by atoms with Crippen LogP contribution in [0.25, 0.3) is 22.2 Å². The van der Waals surface area contributed by atoms with Crippen LogP contribution in [0.2, 0.25) is 0 Å². The van der Waals surface area contributed by atoms with E-state index in [1.54, 1.807) is 12.1 Å². The molecule has 0 aliphatic rings. The van der Waals surface area contributed by atoms with Gasteiger partial charge in [-0.15, -0.1) is 0 Å². The molecule has 2 aromatic carbocycles. The van der Waals surface area contributed by atoms with Gasteiger partial charge in [-0.1, -0.05) is 44.2 Å². The first kappa shape index (κ1) is 19.8. The molecule has 3 rings (SSSR count). The fraction of sp³-hybridized carbons (Fsp3) is 0.304. The summed E-state index contributed by atoms with van der Waals surface area (Å²) in [6, 6.07) is 17.5. The van der Waals surface area contributed by atoms with Crippen LogP contribution >= 0.6 is 0 Å². The Balaban J connectivity index is 1.84. The van der Waals surface area contributed by atoms with Crippen LogP contribution in [0.3, 0.4) is 0 Å². The molecule has 0 aliphatic carbocycles. The Labute approximate surface area is 166 Å². The summed E-state index contributed by atoms with van der Waals surface area (Å²) in [5.41, 5.74) is 9.71. The van der Waals surface area contributed by atoms with Crippen LogP contribution in [0.1, 0.15) is 30.6 Å². The molecule has 28 heavy (non-hydrogen) atoms. The first-order valence-corrected chi connectivity index (χ1v) is 9.88. The Morgan fingerprint density at radius 2 is 1.79 bits per heavy atom.